The van der Waals surface area contributed by atoms with Crippen LogP contribution in [0.3, 0.4) is 0 Å². The average Bonchev–Trinajstić information content (AvgIpc) is 2.62. The van der Waals surface area contributed by atoms with Crippen LogP contribution >= 0.6 is 0 Å². The Balaban J connectivity index is 1.93. The number of amides is 2. The Morgan fingerprint density at radius 2 is 1.77 bits per heavy atom. The number of nitrogens with one attached hydrogen (secondary N) is 1. The van der Waals surface area contributed by atoms with Gasteiger partial charge in [0.15, 0.2) is 0 Å². The second-order valence-electron chi connectivity index (χ2n) is 6.15. The summed E-state index contributed by atoms with van der Waals surface area (Å²) in [6, 6.07) is 15.4. The average molecular weight is 354 g/mol. The van der Waals surface area contributed by atoms with Crippen molar-refractivity contribution < 1.29 is 14.3 Å². The van der Waals surface area contributed by atoms with Crippen molar-refractivity contribution in [2.75, 3.05) is 18.5 Å². The first kappa shape index (κ1) is 19.5. The highest BCUT2D eigenvalue weighted by Crippen LogP contribution is 2.23. The second kappa shape index (κ2) is 9.61. The Morgan fingerprint density at radius 1 is 1.08 bits per heavy atom. The molecule has 0 heterocycles. The number of hydrogen-bond donors (Lipinski definition) is 1. The summed E-state index contributed by atoms with van der Waals surface area (Å²) in [6.45, 7) is 6.84. The first-order valence-electron chi connectivity index (χ1n) is 8.82. The summed E-state index contributed by atoms with van der Waals surface area (Å²) in [5.74, 6) is 0.451. The van der Waals surface area contributed by atoms with Gasteiger partial charge in [0.2, 0.25) is 11.8 Å². The molecule has 0 aliphatic carbocycles. The Kier molecular flexibility index (Phi) is 7.21. The molecule has 1 N–H and O–H groups in total. The highest BCUT2D eigenvalue weighted by molar-refractivity contribution is 5.92. The Labute approximate surface area is 155 Å². The molecule has 0 atom stereocenters. The van der Waals surface area contributed by atoms with Crippen molar-refractivity contribution in [2.24, 2.45) is 0 Å². The Bertz CT molecular complexity index is 741. The molecule has 2 aromatic rings. The SMILES string of the molecule is CCOc1ccccc1NC(=O)CCN(Cc1ccc(C)cc1)C(C)=O. The van der Waals surface area contributed by atoms with Gasteiger partial charge in [0.25, 0.3) is 0 Å². The molecule has 2 amide bonds. The number of carbonyl (C=O) groups is 2. The van der Waals surface area contributed by atoms with E-state index >= 15 is 0 Å². The standard InChI is InChI=1S/C21H26N2O3/c1-4-26-20-8-6-5-7-19(20)22-21(25)13-14-23(17(3)24)15-18-11-9-16(2)10-12-18/h5-12H,4,13-15H2,1-3H3,(H,22,25). The number of anilines is 1. The van der Waals surface area contributed by atoms with E-state index < -0.39 is 0 Å². The molecular formula is C21H26N2O3. The molecule has 138 valence electrons. The molecule has 2 aromatic carbocycles. The van der Waals surface area contributed by atoms with Crippen molar-refractivity contribution in [1.82, 2.24) is 4.90 Å². The monoisotopic (exact) mass is 354 g/mol. The summed E-state index contributed by atoms with van der Waals surface area (Å²) in [6.07, 6.45) is 0.228. The zero-order valence-electron chi connectivity index (χ0n) is 15.6. The predicted molar refractivity (Wildman–Crippen MR) is 103 cm³/mol. The van der Waals surface area contributed by atoms with Crippen molar-refractivity contribution >= 4 is 17.5 Å². The highest BCUT2D eigenvalue weighted by atomic mass is 16.5. The van der Waals surface area contributed by atoms with E-state index in [4.69, 9.17) is 4.74 Å². The number of rotatable bonds is 8. The maximum absolute atomic E-state index is 12.3. The minimum absolute atomic E-state index is 0.0481. The molecule has 0 spiro atoms. The van der Waals surface area contributed by atoms with Gasteiger partial charge in [-0.05, 0) is 31.5 Å². The lowest BCUT2D eigenvalue weighted by Crippen LogP contribution is -2.31. The molecule has 2 rings (SSSR count). The smallest absolute Gasteiger partial charge is 0.226 e. The van der Waals surface area contributed by atoms with Crippen molar-refractivity contribution in [3.05, 3.63) is 59.7 Å². The summed E-state index contributed by atoms with van der Waals surface area (Å²) in [7, 11) is 0. The van der Waals surface area contributed by atoms with Gasteiger partial charge in [-0.3, -0.25) is 9.59 Å². The largest absolute Gasteiger partial charge is 0.492 e. The van der Waals surface area contributed by atoms with Gasteiger partial charge < -0.3 is 15.0 Å². The van der Waals surface area contributed by atoms with Crippen LogP contribution in [0, 0.1) is 6.92 Å². The lowest BCUT2D eigenvalue weighted by Gasteiger charge is -2.21. The zero-order valence-corrected chi connectivity index (χ0v) is 15.6. The van der Waals surface area contributed by atoms with Crippen LogP contribution in [0.5, 0.6) is 5.75 Å². The van der Waals surface area contributed by atoms with Crippen LogP contribution in [0.25, 0.3) is 0 Å². The van der Waals surface area contributed by atoms with E-state index in [0.29, 0.717) is 31.1 Å². The van der Waals surface area contributed by atoms with Crippen LogP contribution in [0.15, 0.2) is 48.5 Å². The molecule has 5 heteroatoms. The maximum Gasteiger partial charge on any atom is 0.226 e. The molecule has 0 unspecified atom stereocenters. The van der Waals surface area contributed by atoms with Gasteiger partial charge >= 0.3 is 0 Å². The number of nitrogens with zero attached hydrogens (tertiary/aromatic N) is 1. The molecule has 0 bridgehead atoms. The van der Waals surface area contributed by atoms with Crippen LogP contribution in [0.2, 0.25) is 0 Å². The van der Waals surface area contributed by atoms with Crippen LogP contribution < -0.4 is 10.1 Å². The number of carbonyl (C=O) groups excluding carboxylic acids is 2. The molecular weight excluding hydrogens is 328 g/mol. The molecule has 5 nitrogen and oxygen atoms in total. The normalized spacial score (nSPS) is 10.3. The van der Waals surface area contributed by atoms with Gasteiger partial charge in [-0.1, -0.05) is 42.0 Å². The Morgan fingerprint density at radius 3 is 2.42 bits per heavy atom. The van der Waals surface area contributed by atoms with E-state index in [0.717, 1.165) is 5.56 Å². The van der Waals surface area contributed by atoms with E-state index in [1.807, 2.05) is 56.3 Å². The number of para-hydroxylation sites is 2. The number of ether oxygens (including phenoxy) is 1. The van der Waals surface area contributed by atoms with Crippen LogP contribution in [0.1, 0.15) is 31.4 Å². The molecule has 0 saturated heterocycles. The van der Waals surface area contributed by atoms with Gasteiger partial charge in [0.1, 0.15) is 5.75 Å². The van der Waals surface area contributed by atoms with Crippen molar-refractivity contribution in [3.63, 3.8) is 0 Å². The number of hydrogen-bond acceptors (Lipinski definition) is 3. The molecule has 0 fully saturated rings. The van der Waals surface area contributed by atoms with Gasteiger partial charge in [-0.25, -0.2) is 0 Å². The third-order valence-electron chi connectivity index (χ3n) is 4.01. The van der Waals surface area contributed by atoms with Crippen molar-refractivity contribution in [3.8, 4) is 5.75 Å². The number of aryl methyl sites for hydroxylation is 1. The van der Waals surface area contributed by atoms with E-state index in [1.54, 1.807) is 11.0 Å². The van der Waals surface area contributed by atoms with Crippen LogP contribution in [-0.2, 0) is 16.1 Å². The maximum atomic E-state index is 12.3. The van der Waals surface area contributed by atoms with Gasteiger partial charge in [-0.15, -0.1) is 0 Å². The third kappa shape index (κ3) is 5.92. The van der Waals surface area contributed by atoms with Crippen molar-refractivity contribution in [2.45, 2.75) is 33.7 Å². The first-order chi connectivity index (χ1) is 12.5. The van der Waals surface area contributed by atoms with E-state index in [1.165, 1.54) is 12.5 Å². The molecule has 0 aliphatic heterocycles. The van der Waals surface area contributed by atoms with Crippen LogP contribution in [0.4, 0.5) is 5.69 Å². The molecule has 0 aromatic heterocycles. The second-order valence-corrected chi connectivity index (χ2v) is 6.15. The third-order valence-corrected chi connectivity index (χ3v) is 4.01. The summed E-state index contributed by atoms with van der Waals surface area (Å²) in [4.78, 5) is 25.9. The molecule has 0 saturated carbocycles. The zero-order chi connectivity index (χ0) is 18.9. The predicted octanol–water partition coefficient (Wildman–Crippen LogP) is 3.77. The fraction of sp³-hybridized carbons (Fsp3) is 0.333. The lowest BCUT2D eigenvalue weighted by atomic mass is 10.1. The first-order valence-corrected chi connectivity index (χ1v) is 8.82. The molecule has 0 aliphatic rings. The van der Waals surface area contributed by atoms with Crippen molar-refractivity contribution in [1.29, 1.82) is 0 Å². The minimum atomic E-state index is -0.146. The summed E-state index contributed by atoms with van der Waals surface area (Å²) in [5, 5.41) is 2.86. The minimum Gasteiger partial charge on any atom is -0.492 e. The fourth-order valence-electron chi connectivity index (χ4n) is 2.56. The van der Waals surface area contributed by atoms with Gasteiger partial charge in [-0.2, -0.15) is 0 Å². The highest BCUT2D eigenvalue weighted by Gasteiger charge is 2.13. The number of benzene rings is 2. The Hall–Kier alpha value is -2.82. The van der Waals surface area contributed by atoms with E-state index in [9.17, 15) is 9.59 Å². The molecule has 0 radical (unpaired) electrons. The summed E-state index contributed by atoms with van der Waals surface area (Å²) < 4.78 is 5.51. The van der Waals surface area contributed by atoms with E-state index in [2.05, 4.69) is 5.32 Å². The quantitative estimate of drug-likeness (QED) is 0.785. The van der Waals surface area contributed by atoms with E-state index in [-0.39, 0.29) is 18.2 Å². The van der Waals surface area contributed by atoms with Gasteiger partial charge in [0.05, 0.1) is 12.3 Å². The lowest BCUT2D eigenvalue weighted by molar-refractivity contribution is -0.129. The van der Waals surface area contributed by atoms with Crippen LogP contribution in [-0.4, -0.2) is 29.9 Å². The van der Waals surface area contributed by atoms with Gasteiger partial charge in [0, 0.05) is 26.4 Å². The molecule has 26 heavy (non-hydrogen) atoms. The summed E-state index contributed by atoms with van der Waals surface area (Å²) in [5.41, 5.74) is 2.87. The fourth-order valence-corrected chi connectivity index (χ4v) is 2.56. The summed E-state index contributed by atoms with van der Waals surface area (Å²) >= 11 is 0. The topological polar surface area (TPSA) is 58.6 Å².